The molecule has 1 N–H and O–H groups in total. The first kappa shape index (κ1) is 20.7. The van der Waals surface area contributed by atoms with Gasteiger partial charge in [0.15, 0.2) is 0 Å². The Balaban J connectivity index is 2.05. The second kappa shape index (κ2) is 7.09. The Morgan fingerprint density at radius 1 is 1.22 bits per heavy atom. The molecular weight excluding hydrogens is 359 g/mol. The van der Waals surface area contributed by atoms with Crippen LogP contribution in [0.15, 0.2) is 18.3 Å². The van der Waals surface area contributed by atoms with Gasteiger partial charge in [-0.05, 0) is 75.1 Å². The van der Waals surface area contributed by atoms with Crippen molar-refractivity contribution in [2.45, 2.75) is 84.6 Å². The molecule has 0 amide bonds. The van der Waals surface area contributed by atoms with Crippen molar-refractivity contribution in [3.05, 3.63) is 35.3 Å². The normalized spacial score (nSPS) is 18.1. The van der Waals surface area contributed by atoms with Crippen LogP contribution in [0.25, 0.3) is 10.9 Å². The van der Waals surface area contributed by atoms with Gasteiger partial charge in [-0.2, -0.15) is 0 Å². The number of halogens is 1. The van der Waals surface area contributed by atoms with Gasteiger partial charge in [0.25, 0.3) is 0 Å². The lowest BCUT2D eigenvalue weighted by molar-refractivity contribution is 0.349. The van der Waals surface area contributed by atoms with Crippen LogP contribution in [0.2, 0.25) is 0 Å². The van der Waals surface area contributed by atoms with E-state index >= 15 is 0 Å². The first-order valence-electron chi connectivity index (χ1n) is 9.87. The number of benzene rings is 1. The van der Waals surface area contributed by atoms with Gasteiger partial charge in [0, 0.05) is 35.0 Å². The minimum absolute atomic E-state index is 0.107. The summed E-state index contributed by atoms with van der Waals surface area (Å²) in [4.78, 5) is 0. The van der Waals surface area contributed by atoms with Crippen LogP contribution in [0.5, 0.6) is 0 Å². The van der Waals surface area contributed by atoms with Crippen molar-refractivity contribution in [2.24, 2.45) is 5.41 Å². The van der Waals surface area contributed by atoms with Crippen LogP contribution in [0.3, 0.4) is 0 Å². The fourth-order valence-electron chi connectivity index (χ4n) is 3.45. The predicted molar refractivity (Wildman–Crippen MR) is 113 cm³/mol. The van der Waals surface area contributed by atoms with E-state index in [0.717, 1.165) is 41.4 Å². The molecule has 1 aromatic heterocycles. The van der Waals surface area contributed by atoms with Crippen molar-refractivity contribution in [3.8, 4) is 0 Å². The summed E-state index contributed by atoms with van der Waals surface area (Å²) in [6.45, 7) is 15.3. The lowest BCUT2D eigenvalue weighted by Crippen LogP contribution is -2.40. The Morgan fingerprint density at radius 3 is 2.37 bits per heavy atom. The van der Waals surface area contributed by atoms with E-state index in [-0.39, 0.29) is 22.0 Å². The molecular formula is C22H33FN2OS. The van der Waals surface area contributed by atoms with Crippen molar-refractivity contribution in [1.29, 1.82) is 0 Å². The number of nitrogens with one attached hydrogen (secondary N) is 1. The van der Waals surface area contributed by atoms with Gasteiger partial charge in [0.2, 0.25) is 0 Å². The summed E-state index contributed by atoms with van der Waals surface area (Å²) in [7, 11) is 0. The molecule has 2 aromatic rings. The SMILES string of the molecule is C[C@@H](N[S@@+]([O-])C(C)(C)C)c1cn(CC(C)(C)C)c2cc(C3CC3)c(F)cc12. The Hall–Kier alpha value is -1.04. The molecule has 0 aliphatic heterocycles. The lowest BCUT2D eigenvalue weighted by atomic mass is 9.97. The van der Waals surface area contributed by atoms with E-state index in [1.165, 1.54) is 0 Å². The summed E-state index contributed by atoms with van der Waals surface area (Å²) in [5, 5.41) is 0.923. The van der Waals surface area contributed by atoms with Crippen LogP contribution >= 0.6 is 0 Å². The third kappa shape index (κ3) is 4.69. The molecule has 1 heterocycles. The van der Waals surface area contributed by atoms with E-state index in [0.29, 0.717) is 5.92 Å². The molecule has 5 heteroatoms. The Labute approximate surface area is 166 Å². The number of hydrogen-bond donors (Lipinski definition) is 1. The van der Waals surface area contributed by atoms with Crippen molar-refractivity contribution in [2.75, 3.05) is 0 Å². The maximum atomic E-state index is 14.8. The smallest absolute Gasteiger partial charge is 0.136 e. The topological polar surface area (TPSA) is 40.0 Å². The van der Waals surface area contributed by atoms with Crippen LogP contribution in [-0.4, -0.2) is 13.9 Å². The maximum Gasteiger partial charge on any atom is 0.136 e. The molecule has 0 saturated heterocycles. The molecule has 3 nitrogen and oxygen atoms in total. The van der Waals surface area contributed by atoms with E-state index in [1.54, 1.807) is 6.07 Å². The van der Waals surface area contributed by atoms with Gasteiger partial charge in [-0.1, -0.05) is 20.8 Å². The predicted octanol–water partition coefficient (Wildman–Crippen LogP) is 5.82. The summed E-state index contributed by atoms with van der Waals surface area (Å²) in [5.74, 6) is 0.267. The first-order chi connectivity index (χ1) is 12.4. The molecule has 1 aliphatic carbocycles. The highest BCUT2D eigenvalue weighted by molar-refractivity contribution is 7.90. The van der Waals surface area contributed by atoms with Crippen LogP contribution in [0.1, 0.15) is 84.4 Å². The summed E-state index contributed by atoms with van der Waals surface area (Å²) in [6.07, 6.45) is 4.28. The highest BCUT2D eigenvalue weighted by Crippen LogP contribution is 2.43. The molecule has 1 saturated carbocycles. The van der Waals surface area contributed by atoms with Crippen molar-refractivity contribution in [3.63, 3.8) is 0 Å². The van der Waals surface area contributed by atoms with Crippen molar-refractivity contribution >= 4 is 22.3 Å². The third-order valence-corrected chi connectivity index (χ3v) is 6.68. The van der Waals surface area contributed by atoms with Crippen molar-refractivity contribution < 1.29 is 8.94 Å². The second-order valence-corrected chi connectivity index (χ2v) is 12.2. The summed E-state index contributed by atoms with van der Waals surface area (Å²) in [6, 6.07) is 3.61. The Morgan fingerprint density at radius 2 is 1.85 bits per heavy atom. The van der Waals surface area contributed by atoms with Gasteiger partial charge in [-0.15, -0.1) is 4.72 Å². The third-order valence-electron chi connectivity index (χ3n) is 5.00. The average Bonchev–Trinajstić information content (AvgIpc) is 3.28. The van der Waals surface area contributed by atoms with Crippen molar-refractivity contribution in [1.82, 2.24) is 9.29 Å². The number of rotatable bonds is 5. The van der Waals surface area contributed by atoms with Gasteiger partial charge in [-0.25, -0.2) is 4.39 Å². The van der Waals surface area contributed by atoms with Crippen LogP contribution in [0.4, 0.5) is 4.39 Å². The minimum Gasteiger partial charge on any atom is -0.598 e. The summed E-state index contributed by atoms with van der Waals surface area (Å²) < 4.78 is 32.4. The summed E-state index contributed by atoms with van der Waals surface area (Å²) >= 11 is -1.18. The van der Waals surface area contributed by atoms with Gasteiger partial charge in [0.05, 0.1) is 6.04 Å². The Bertz CT molecular complexity index is 827. The molecule has 1 aromatic carbocycles. The number of nitrogens with zero attached hydrogens (tertiary/aromatic N) is 1. The van der Waals surface area contributed by atoms with Gasteiger partial charge >= 0.3 is 0 Å². The standard InChI is InChI=1S/C22H33FN2OS/c1-14(24-27(26)22(5,6)7)18-12-25(13-21(2,3)4)20-11-16(15-8-9-15)19(23)10-17(18)20/h10-12,14-15,24H,8-9,13H2,1-7H3/t14-,27+/m1/s1. The minimum atomic E-state index is -1.18. The fourth-order valence-corrected chi connectivity index (χ4v) is 4.25. The zero-order valence-corrected chi connectivity index (χ0v) is 18.5. The fraction of sp³-hybridized carbons (Fsp3) is 0.636. The number of fused-ring (bicyclic) bond motifs is 1. The van der Waals surface area contributed by atoms with Gasteiger partial charge in [0.1, 0.15) is 10.6 Å². The highest BCUT2D eigenvalue weighted by atomic mass is 32.2. The quantitative estimate of drug-likeness (QED) is 0.652. The molecule has 0 spiro atoms. The lowest BCUT2D eigenvalue weighted by Gasteiger charge is -2.26. The van der Waals surface area contributed by atoms with Gasteiger partial charge in [-0.3, -0.25) is 0 Å². The molecule has 2 atom stereocenters. The molecule has 0 bridgehead atoms. The number of aromatic nitrogens is 1. The van der Waals surface area contributed by atoms with E-state index in [2.05, 4.69) is 36.3 Å². The molecule has 27 heavy (non-hydrogen) atoms. The zero-order chi connectivity index (χ0) is 20.1. The molecule has 1 aliphatic rings. The zero-order valence-electron chi connectivity index (χ0n) is 17.6. The van der Waals surface area contributed by atoms with Crippen LogP contribution in [-0.2, 0) is 17.9 Å². The molecule has 0 radical (unpaired) electrons. The average molecular weight is 393 g/mol. The molecule has 1 fully saturated rings. The van der Waals surface area contributed by atoms with E-state index in [9.17, 15) is 8.94 Å². The van der Waals surface area contributed by atoms with E-state index in [1.807, 2.05) is 33.8 Å². The molecule has 150 valence electrons. The van der Waals surface area contributed by atoms with Gasteiger partial charge < -0.3 is 9.12 Å². The summed E-state index contributed by atoms with van der Waals surface area (Å²) in [5.41, 5.74) is 3.05. The maximum absolute atomic E-state index is 14.8. The van der Waals surface area contributed by atoms with E-state index in [4.69, 9.17) is 0 Å². The second-order valence-electron chi connectivity index (χ2n) is 10.2. The monoisotopic (exact) mass is 392 g/mol. The first-order valence-corrected chi connectivity index (χ1v) is 11.0. The van der Waals surface area contributed by atoms with Crippen LogP contribution in [0, 0.1) is 11.2 Å². The van der Waals surface area contributed by atoms with E-state index < -0.39 is 11.4 Å². The molecule has 3 rings (SSSR count). The molecule has 0 unspecified atom stereocenters. The largest absolute Gasteiger partial charge is 0.598 e. The Kier molecular flexibility index (Phi) is 5.43. The highest BCUT2D eigenvalue weighted by Gasteiger charge is 2.31. The number of hydrogen-bond acceptors (Lipinski definition) is 2. The van der Waals surface area contributed by atoms with Crippen LogP contribution < -0.4 is 4.72 Å².